The van der Waals surface area contributed by atoms with E-state index in [1.54, 1.807) is 4.90 Å². The highest BCUT2D eigenvalue weighted by Crippen LogP contribution is 2.32. The number of amides is 2. The van der Waals surface area contributed by atoms with Crippen molar-refractivity contribution in [3.63, 3.8) is 0 Å². The van der Waals surface area contributed by atoms with Gasteiger partial charge in [0.05, 0.1) is 5.69 Å². The van der Waals surface area contributed by atoms with E-state index in [4.69, 9.17) is 4.74 Å². The summed E-state index contributed by atoms with van der Waals surface area (Å²) >= 11 is 0. The maximum atomic E-state index is 11.9. The second kappa shape index (κ2) is 6.41. The molecule has 0 saturated heterocycles. The summed E-state index contributed by atoms with van der Waals surface area (Å²) in [5.41, 5.74) is 1.83. The van der Waals surface area contributed by atoms with Crippen LogP contribution in [0.1, 0.15) is 25.3 Å². The maximum Gasteiger partial charge on any atom is 0.265 e. The molecule has 0 bridgehead atoms. The summed E-state index contributed by atoms with van der Waals surface area (Å²) in [4.78, 5) is 25.2. The number of ether oxygens (including phenoxy) is 1. The fourth-order valence-electron chi connectivity index (χ4n) is 2.12. The van der Waals surface area contributed by atoms with E-state index < -0.39 is 0 Å². The van der Waals surface area contributed by atoms with Crippen molar-refractivity contribution in [1.82, 2.24) is 5.32 Å². The maximum absolute atomic E-state index is 11.9. The van der Waals surface area contributed by atoms with Crippen LogP contribution >= 0.6 is 0 Å². The molecule has 1 aromatic carbocycles. The summed E-state index contributed by atoms with van der Waals surface area (Å²) in [5, 5.41) is 2.81. The Hall–Kier alpha value is -2.04. The van der Waals surface area contributed by atoms with Crippen molar-refractivity contribution in [3.8, 4) is 5.75 Å². The third-order valence-corrected chi connectivity index (χ3v) is 3.19. The number of nitrogens with one attached hydrogen (secondary N) is 1. The van der Waals surface area contributed by atoms with E-state index in [1.807, 2.05) is 32.0 Å². The number of carbonyl (C=O) groups is 2. The molecule has 1 aromatic rings. The Morgan fingerprint density at radius 2 is 2.25 bits per heavy atom. The monoisotopic (exact) mass is 276 g/mol. The first-order chi connectivity index (χ1) is 9.61. The minimum atomic E-state index is -0.107. The van der Waals surface area contributed by atoms with Crippen molar-refractivity contribution < 1.29 is 14.3 Å². The Morgan fingerprint density at radius 3 is 3.00 bits per heavy atom. The van der Waals surface area contributed by atoms with E-state index in [2.05, 4.69) is 5.32 Å². The first kappa shape index (κ1) is 14.4. The van der Waals surface area contributed by atoms with Gasteiger partial charge >= 0.3 is 0 Å². The number of hydrogen-bond donors (Lipinski definition) is 1. The standard InChI is InChI=1S/C15H20N2O3/c1-3-7-16-14(18)6-8-17-12-5-4-11(2)9-13(12)20-10-15(17)19/h4-5,9H,3,6-8,10H2,1-2H3,(H,16,18). The Morgan fingerprint density at radius 1 is 1.45 bits per heavy atom. The number of hydrogen-bond acceptors (Lipinski definition) is 3. The zero-order valence-corrected chi connectivity index (χ0v) is 11.9. The summed E-state index contributed by atoms with van der Waals surface area (Å²) in [6.07, 6.45) is 1.21. The molecule has 1 heterocycles. The third kappa shape index (κ3) is 3.29. The van der Waals surface area contributed by atoms with Crippen molar-refractivity contribution >= 4 is 17.5 Å². The lowest BCUT2D eigenvalue weighted by Gasteiger charge is -2.29. The Bertz CT molecular complexity index is 514. The Balaban J connectivity index is 2.04. The number of rotatable bonds is 5. The van der Waals surface area contributed by atoms with E-state index in [0.29, 0.717) is 25.3 Å². The van der Waals surface area contributed by atoms with Gasteiger partial charge in [0.2, 0.25) is 5.91 Å². The molecule has 0 aromatic heterocycles. The zero-order valence-electron chi connectivity index (χ0n) is 11.9. The van der Waals surface area contributed by atoms with Gasteiger partial charge in [0, 0.05) is 19.5 Å². The van der Waals surface area contributed by atoms with E-state index in [1.165, 1.54) is 0 Å². The molecule has 108 valence electrons. The van der Waals surface area contributed by atoms with Gasteiger partial charge in [-0.2, -0.15) is 0 Å². The van der Waals surface area contributed by atoms with E-state index in [0.717, 1.165) is 17.7 Å². The molecule has 0 saturated carbocycles. The second-order valence-electron chi connectivity index (χ2n) is 4.91. The third-order valence-electron chi connectivity index (χ3n) is 3.19. The van der Waals surface area contributed by atoms with E-state index in [9.17, 15) is 9.59 Å². The van der Waals surface area contributed by atoms with Crippen LogP contribution in [0.15, 0.2) is 18.2 Å². The molecular formula is C15H20N2O3. The molecule has 2 amide bonds. The van der Waals surface area contributed by atoms with Gasteiger partial charge in [0.15, 0.2) is 6.61 Å². The summed E-state index contributed by atoms with van der Waals surface area (Å²) in [6, 6.07) is 5.71. The van der Waals surface area contributed by atoms with Gasteiger partial charge in [-0.15, -0.1) is 0 Å². The van der Waals surface area contributed by atoms with Crippen LogP contribution in [0.25, 0.3) is 0 Å². The molecule has 5 heteroatoms. The molecule has 5 nitrogen and oxygen atoms in total. The summed E-state index contributed by atoms with van der Waals surface area (Å²) in [7, 11) is 0. The molecule has 1 aliphatic rings. The molecule has 0 radical (unpaired) electrons. The minimum Gasteiger partial charge on any atom is -0.482 e. The predicted molar refractivity (Wildman–Crippen MR) is 76.9 cm³/mol. The minimum absolute atomic E-state index is 0.0280. The smallest absolute Gasteiger partial charge is 0.265 e. The number of carbonyl (C=O) groups excluding carboxylic acids is 2. The van der Waals surface area contributed by atoms with Crippen LogP contribution < -0.4 is 15.0 Å². The highest BCUT2D eigenvalue weighted by atomic mass is 16.5. The predicted octanol–water partition coefficient (Wildman–Crippen LogP) is 1.64. The van der Waals surface area contributed by atoms with Crippen LogP contribution in [-0.2, 0) is 9.59 Å². The van der Waals surface area contributed by atoms with Crippen molar-refractivity contribution in [3.05, 3.63) is 23.8 Å². The fraction of sp³-hybridized carbons (Fsp3) is 0.467. The number of fused-ring (bicyclic) bond motifs is 1. The molecule has 1 aliphatic heterocycles. The Kier molecular flexibility index (Phi) is 4.61. The molecule has 0 spiro atoms. The van der Waals surface area contributed by atoms with Gasteiger partial charge < -0.3 is 15.0 Å². The highest BCUT2D eigenvalue weighted by molar-refractivity contribution is 5.98. The lowest BCUT2D eigenvalue weighted by atomic mass is 10.1. The highest BCUT2D eigenvalue weighted by Gasteiger charge is 2.25. The molecule has 0 fully saturated rings. The number of anilines is 1. The number of aryl methyl sites for hydroxylation is 1. The molecule has 0 unspecified atom stereocenters. The van der Waals surface area contributed by atoms with Gasteiger partial charge in [-0.25, -0.2) is 0 Å². The van der Waals surface area contributed by atoms with Crippen LogP contribution in [0.4, 0.5) is 5.69 Å². The summed E-state index contributed by atoms with van der Waals surface area (Å²) in [5.74, 6) is 0.572. The molecule has 20 heavy (non-hydrogen) atoms. The summed E-state index contributed by atoms with van der Waals surface area (Å²) in [6.45, 7) is 5.07. The normalized spacial score (nSPS) is 13.7. The van der Waals surface area contributed by atoms with Crippen LogP contribution in [0.2, 0.25) is 0 Å². The van der Waals surface area contributed by atoms with Crippen LogP contribution in [0.3, 0.4) is 0 Å². The van der Waals surface area contributed by atoms with Crippen LogP contribution in [0.5, 0.6) is 5.75 Å². The number of nitrogens with zero attached hydrogens (tertiary/aromatic N) is 1. The largest absolute Gasteiger partial charge is 0.482 e. The average Bonchev–Trinajstić information content (AvgIpc) is 2.44. The van der Waals surface area contributed by atoms with Gasteiger partial charge in [-0.1, -0.05) is 13.0 Å². The quantitative estimate of drug-likeness (QED) is 0.889. The molecular weight excluding hydrogens is 256 g/mol. The van der Waals surface area contributed by atoms with Crippen molar-refractivity contribution in [2.45, 2.75) is 26.7 Å². The van der Waals surface area contributed by atoms with Gasteiger partial charge in [0.1, 0.15) is 5.75 Å². The van der Waals surface area contributed by atoms with Crippen molar-refractivity contribution in [2.75, 3.05) is 24.6 Å². The van der Waals surface area contributed by atoms with Crippen molar-refractivity contribution in [1.29, 1.82) is 0 Å². The zero-order chi connectivity index (χ0) is 14.5. The number of benzene rings is 1. The molecule has 2 rings (SSSR count). The lowest BCUT2D eigenvalue weighted by molar-refractivity contribution is -0.122. The second-order valence-corrected chi connectivity index (χ2v) is 4.91. The fourth-order valence-corrected chi connectivity index (χ4v) is 2.12. The van der Waals surface area contributed by atoms with Gasteiger partial charge in [0.25, 0.3) is 5.91 Å². The van der Waals surface area contributed by atoms with Crippen LogP contribution in [-0.4, -0.2) is 31.5 Å². The molecule has 0 atom stereocenters. The summed E-state index contributed by atoms with van der Waals surface area (Å²) < 4.78 is 5.43. The van der Waals surface area contributed by atoms with Crippen molar-refractivity contribution in [2.24, 2.45) is 0 Å². The molecule has 1 N–H and O–H groups in total. The average molecular weight is 276 g/mol. The van der Waals surface area contributed by atoms with Gasteiger partial charge in [-0.3, -0.25) is 9.59 Å². The lowest BCUT2D eigenvalue weighted by Crippen LogP contribution is -2.41. The molecule has 0 aliphatic carbocycles. The first-order valence-corrected chi connectivity index (χ1v) is 6.92. The van der Waals surface area contributed by atoms with E-state index in [-0.39, 0.29) is 18.4 Å². The van der Waals surface area contributed by atoms with E-state index >= 15 is 0 Å². The first-order valence-electron chi connectivity index (χ1n) is 6.92. The van der Waals surface area contributed by atoms with Gasteiger partial charge in [-0.05, 0) is 31.0 Å². The Labute approximate surface area is 118 Å². The van der Waals surface area contributed by atoms with Crippen LogP contribution in [0, 0.1) is 6.92 Å². The SMILES string of the molecule is CCCNC(=O)CCN1C(=O)COc2cc(C)ccc21. The topological polar surface area (TPSA) is 58.6 Å².